The van der Waals surface area contributed by atoms with Crippen molar-refractivity contribution >= 4 is 11.6 Å². The van der Waals surface area contributed by atoms with Gasteiger partial charge in [-0.3, -0.25) is 4.79 Å². The monoisotopic (exact) mass is 248 g/mol. The third-order valence-corrected chi connectivity index (χ3v) is 3.71. The van der Waals surface area contributed by atoms with Gasteiger partial charge in [0, 0.05) is 18.8 Å². The van der Waals surface area contributed by atoms with E-state index in [-0.39, 0.29) is 11.7 Å². The summed E-state index contributed by atoms with van der Waals surface area (Å²) in [6, 6.07) is 4.80. The summed E-state index contributed by atoms with van der Waals surface area (Å²) < 4.78 is 0. The van der Waals surface area contributed by atoms with Gasteiger partial charge in [0.25, 0.3) is 5.91 Å². The Morgan fingerprint density at radius 2 is 2.00 bits per heavy atom. The van der Waals surface area contributed by atoms with Crippen LogP contribution >= 0.6 is 0 Å². The second-order valence-corrected chi connectivity index (χ2v) is 4.98. The van der Waals surface area contributed by atoms with E-state index in [0.29, 0.717) is 17.3 Å². The zero-order chi connectivity index (χ0) is 13.1. The summed E-state index contributed by atoms with van der Waals surface area (Å²) in [5, 5.41) is 9.45. The van der Waals surface area contributed by atoms with E-state index < -0.39 is 0 Å². The van der Waals surface area contributed by atoms with Crippen LogP contribution in [0.25, 0.3) is 0 Å². The standard InChI is InChI=1S/C14H20N2O2/c1-16(10-5-3-2-4-6-10)14(18)12-9-11(17)7-8-13(12)15/h7-10,17H,2-6,15H2,1H3. The van der Waals surface area contributed by atoms with Gasteiger partial charge in [-0.05, 0) is 31.0 Å². The largest absolute Gasteiger partial charge is 0.508 e. The van der Waals surface area contributed by atoms with Gasteiger partial charge in [0.15, 0.2) is 0 Å². The summed E-state index contributed by atoms with van der Waals surface area (Å²) in [5.41, 5.74) is 6.61. The highest BCUT2D eigenvalue weighted by molar-refractivity contribution is 5.99. The van der Waals surface area contributed by atoms with Gasteiger partial charge in [0.1, 0.15) is 5.75 Å². The molecule has 1 aliphatic carbocycles. The fraction of sp³-hybridized carbons (Fsp3) is 0.500. The first-order chi connectivity index (χ1) is 8.59. The minimum absolute atomic E-state index is 0.0737. The molecule has 3 N–H and O–H groups in total. The maximum absolute atomic E-state index is 12.4. The SMILES string of the molecule is CN(C(=O)c1cc(O)ccc1N)C1CCCCC1. The molecule has 4 heteroatoms. The van der Waals surface area contributed by atoms with Crippen LogP contribution in [0, 0.1) is 0 Å². The molecule has 0 aromatic heterocycles. The molecule has 1 aromatic carbocycles. The minimum atomic E-state index is -0.102. The molecule has 98 valence electrons. The lowest BCUT2D eigenvalue weighted by atomic mass is 9.94. The molecule has 4 nitrogen and oxygen atoms in total. The van der Waals surface area contributed by atoms with Crippen molar-refractivity contribution in [3.05, 3.63) is 23.8 Å². The van der Waals surface area contributed by atoms with Crippen LogP contribution in [0.1, 0.15) is 42.5 Å². The average Bonchev–Trinajstić information content (AvgIpc) is 2.41. The van der Waals surface area contributed by atoms with Crippen molar-refractivity contribution in [1.82, 2.24) is 4.90 Å². The molecular formula is C14H20N2O2. The molecule has 1 aliphatic rings. The van der Waals surface area contributed by atoms with Crippen LogP contribution < -0.4 is 5.73 Å². The highest BCUT2D eigenvalue weighted by atomic mass is 16.3. The van der Waals surface area contributed by atoms with Crippen molar-refractivity contribution in [3.8, 4) is 5.75 Å². The van der Waals surface area contributed by atoms with E-state index in [2.05, 4.69) is 0 Å². The normalized spacial score (nSPS) is 16.5. The van der Waals surface area contributed by atoms with E-state index in [4.69, 9.17) is 5.73 Å². The lowest BCUT2D eigenvalue weighted by Crippen LogP contribution is -2.38. The number of phenolic OH excluding ortho intramolecular Hbond substituents is 1. The Bertz CT molecular complexity index is 439. The first-order valence-corrected chi connectivity index (χ1v) is 6.45. The molecular weight excluding hydrogens is 228 g/mol. The van der Waals surface area contributed by atoms with E-state index in [1.54, 1.807) is 11.0 Å². The molecule has 18 heavy (non-hydrogen) atoms. The number of amides is 1. The van der Waals surface area contributed by atoms with Gasteiger partial charge in [-0.2, -0.15) is 0 Å². The number of hydrogen-bond donors (Lipinski definition) is 2. The van der Waals surface area contributed by atoms with Gasteiger partial charge >= 0.3 is 0 Å². The Hall–Kier alpha value is -1.71. The lowest BCUT2D eigenvalue weighted by molar-refractivity contribution is 0.0697. The first-order valence-electron chi connectivity index (χ1n) is 6.45. The van der Waals surface area contributed by atoms with Crippen molar-refractivity contribution in [2.45, 2.75) is 38.1 Å². The summed E-state index contributed by atoms with van der Waals surface area (Å²) in [6.45, 7) is 0. The van der Waals surface area contributed by atoms with E-state index in [9.17, 15) is 9.90 Å². The number of nitrogens with zero attached hydrogens (tertiary/aromatic N) is 1. The zero-order valence-electron chi connectivity index (χ0n) is 10.7. The molecule has 1 amide bonds. The number of nitrogen functional groups attached to an aromatic ring is 1. The summed E-state index contributed by atoms with van der Waals surface area (Å²) in [7, 11) is 1.82. The van der Waals surface area contributed by atoms with Crippen molar-refractivity contribution in [3.63, 3.8) is 0 Å². The van der Waals surface area contributed by atoms with Crippen molar-refractivity contribution in [1.29, 1.82) is 0 Å². The quantitative estimate of drug-likeness (QED) is 0.623. The number of anilines is 1. The van der Waals surface area contributed by atoms with Crippen molar-refractivity contribution in [2.75, 3.05) is 12.8 Å². The summed E-state index contributed by atoms with van der Waals surface area (Å²) in [5.74, 6) is -0.0279. The molecule has 1 saturated carbocycles. The molecule has 0 heterocycles. The second kappa shape index (κ2) is 5.29. The highest BCUT2D eigenvalue weighted by Gasteiger charge is 2.24. The van der Waals surface area contributed by atoms with Crippen molar-refractivity contribution < 1.29 is 9.90 Å². The molecule has 0 radical (unpaired) electrons. The van der Waals surface area contributed by atoms with Crippen LogP contribution in [0.15, 0.2) is 18.2 Å². The average molecular weight is 248 g/mol. The maximum Gasteiger partial charge on any atom is 0.256 e. The Balaban J connectivity index is 2.16. The van der Waals surface area contributed by atoms with Crippen LogP contribution in [0.4, 0.5) is 5.69 Å². The van der Waals surface area contributed by atoms with Crippen LogP contribution in [-0.4, -0.2) is 29.0 Å². The Labute approximate surface area is 107 Å². The minimum Gasteiger partial charge on any atom is -0.508 e. The van der Waals surface area contributed by atoms with Crippen molar-refractivity contribution in [2.24, 2.45) is 0 Å². The highest BCUT2D eigenvalue weighted by Crippen LogP contribution is 2.25. The molecule has 0 unspecified atom stereocenters. The number of benzene rings is 1. The molecule has 0 atom stereocenters. The van der Waals surface area contributed by atoms with E-state index in [1.807, 2.05) is 7.05 Å². The van der Waals surface area contributed by atoms with Gasteiger partial charge in [-0.1, -0.05) is 19.3 Å². The summed E-state index contributed by atoms with van der Waals surface area (Å²) in [4.78, 5) is 14.1. The van der Waals surface area contributed by atoms with Gasteiger partial charge < -0.3 is 15.7 Å². The first kappa shape index (κ1) is 12.7. The molecule has 1 aromatic rings. The number of carbonyl (C=O) groups excluding carboxylic acids is 1. The second-order valence-electron chi connectivity index (χ2n) is 4.98. The predicted molar refractivity (Wildman–Crippen MR) is 71.5 cm³/mol. The number of hydrogen-bond acceptors (Lipinski definition) is 3. The molecule has 1 fully saturated rings. The molecule has 2 rings (SSSR count). The Kier molecular flexibility index (Phi) is 3.75. The number of aromatic hydroxyl groups is 1. The smallest absolute Gasteiger partial charge is 0.256 e. The van der Waals surface area contributed by atoms with Gasteiger partial charge in [-0.15, -0.1) is 0 Å². The summed E-state index contributed by atoms with van der Waals surface area (Å²) in [6.07, 6.45) is 5.73. The topological polar surface area (TPSA) is 66.6 Å². The third-order valence-electron chi connectivity index (χ3n) is 3.71. The predicted octanol–water partition coefficient (Wildman–Crippen LogP) is 2.38. The van der Waals surface area contributed by atoms with Crippen LogP contribution in [-0.2, 0) is 0 Å². The fourth-order valence-electron chi connectivity index (χ4n) is 2.55. The third kappa shape index (κ3) is 2.58. The van der Waals surface area contributed by atoms with Gasteiger partial charge in [0.2, 0.25) is 0 Å². The van der Waals surface area contributed by atoms with E-state index >= 15 is 0 Å². The van der Waals surface area contributed by atoms with Crippen LogP contribution in [0.5, 0.6) is 5.75 Å². The Morgan fingerprint density at radius 3 is 2.67 bits per heavy atom. The van der Waals surface area contributed by atoms with Crippen LogP contribution in [0.3, 0.4) is 0 Å². The fourth-order valence-corrected chi connectivity index (χ4v) is 2.55. The number of rotatable bonds is 2. The molecule has 0 saturated heterocycles. The van der Waals surface area contributed by atoms with E-state index in [0.717, 1.165) is 12.8 Å². The number of phenols is 1. The van der Waals surface area contributed by atoms with Crippen LogP contribution in [0.2, 0.25) is 0 Å². The molecule has 0 spiro atoms. The Morgan fingerprint density at radius 1 is 1.33 bits per heavy atom. The lowest BCUT2D eigenvalue weighted by Gasteiger charge is -2.31. The summed E-state index contributed by atoms with van der Waals surface area (Å²) >= 11 is 0. The molecule has 0 aliphatic heterocycles. The zero-order valence-corrected chi connectivity index (χ0v) is 10.7. The van der Waals surface area contributed by atoms with Gasteiger partial charge in [-0.25, -0.2) is 0 Å². The molecule has 0 bridgehead atoms. The maximum atomic E-state index is 12.4. The van der Waals surface area contributed by atoms with Gasteiger partial charge in [0.05, 0.1) is 5.56 Å². The van der Waals surface area contributed by atoms with E-state index in [1.165, 1.54) is 31.4 Å². The number of carbonyl (C=O) groups is 1. The number of nitrogens with two attached hydrogens (primary N) is 1.